The number of aliphatic carboxylic acids is 1. The highest BCUT2D eigenvalue weighted by Gasteiger charge is 2.25. The number of sulfonamides is 1. The van der Waals surface area contributed by atoms with E-state index in [-0.39, 0.29) is 24.0 Å². The molecule has 0 saturated heterocycles. The molecule has 0 radical (unpaired) electrons. The van der Waals surface area contributed by atoms with Gasteiger partial charge in [0.1, 0.15) is 17.6 Å². The molecule has 0 spiro atoms. The standard InChI is InChI=1S/C27H26FN5O4S2/c1-4-22(17-7-5-9-19(28)13-17)39(36,37)33-20-10-6-8-18(14-20)24-25(38-26(32-24)16(2)3)21-11-12-29-27(31-21)30-15-23(34)35/h4-14,16,22,33H,1,15H2,2-3H3,(H,34,35)(H,29,30,31). The number of hydrogen-bond donors (Lipinski definition) is 3. The van der Waals surface area contributed by atoms with Crippen LogP contribution in [0.2, 0.25) is 0 Å². The Hall–Kier alpha value is -4.16. The van der Waals surface area contributed by atoms with Gasteiger partial charge in [-0.15, -0.1) is 17.9 Å². The molecule has 2 aromatic heterocycles. The average molecular weight is 568 g/mol. The first kappa shape index (κ1) is 27.9. The van der Waals surface area contributed by atoms with Crippen molar-refractivity contribution in [3.63, 3.8) is 0 Å². The molecule has 2 aromatic carbocycles. The van der Waals surface area contributed by atoms with Crippen molar-refractivity contribution in [2.24, 2.45) is 0 Å². The number of benzene rings is 2. The third-order valence-electron chi connectivity index (χ3n) is 5.55. The predicted molar refractivity (Wildman–Crippen MR) is 151 cm³/mol. The lowest BCUT2D eigenvalue weighted by atomic mass is 10.1. The third kappa shape index (κ3) is 6.65. The Morgan fingerprint density at radius 1 is 1.15 bits per heavy atom. The Labute approximate surface area is 229 Å². The molecule has 4 rings (SSSR count). The molecule has 4 aromatic rings. The molecule has 0 bridgehead atoms. The number of hydrogen-bond acceptors (Lipinski definition) is 8. The van der Waals surface area contributed by atoms with Crippen LogP contribution in [0.15, 0.2) is 73.4 Å². The van der Waals surface area contributed by atoms with Crippen molar-refractivity contribution in [1.29, 1.82) is 0 Å². The van der Waals surface area contributed by atoms with Crippen molar-refractivity contribution in [2.45, 2.75) is 25.0 Å². The lowest BCUT2D eigenvalue weighted by Gasteiger charge is -2.16. The maximum absolute atomic E-state index is 13.8. The molecule has 0 fully saturated rings. The Bertz CT molecular complexity index is 1620. The van der Waals surface area contributed by atoms with Crippen LogP contribution in [0.1, 0.15) is 35.6 Å². The van der Waals surface area contributed by atoms with Gasteiger partial charge in [-0.05, 0) is 35.9 Å². The molecule has 0 saturated carbocycles. The Balaban J connectivity index is 1.70. The van der Waals surface area contributed by atoms with E-state index in [1.54, 1.807) is 24.3 Å². The van der Waals surface area contributed by atoms with Gasteiger partial charge < -0.3 is 10.4 Å². The minimum Gasteiger partial charge on any atom is -0.480 e. The molecule has 1 unspecified atom stereocenters. The number of nitrogens with zero attached hydrogens (tertiary/aromatic N) is 3. The summed E-state index contributed by atoms with van der Waals surface area (Å²) in [6, 6.07) is 13.9. The molecule has 9 nitrogen and oxygen atoms in total. The Morgan fingerprint density at radius 3 is 2.62 bits per heavy atom. The maximum Gasteiger partial charge on any atom is 0.322 e. The number of anilines is 2. The molecule has 1 atom stereocenters. The summed E-state index contributed by atoms with van der Waals surface area (Å²) in [5, 5.41) is 11.3. The van der Waals surface area contributed by atoms with Gasteiger partial charge in [0, 0.05) is 23.4 Å². The van der Waals surface area contributed by atoms with Crippen molar-refractivity contribution in [2.75, 3.05) is 16.6 Å². The van der Waals surface area contributed by atoms with Crippen LogP contribution >= 0.6 is 11.3 Å². The summed E-state index contributed by atoms with van der Waals surface area (Å²) >= 11 is 1.44. The zero-order chi connectivity index (χ0) is 28.2. The van der Waals surface area contributed by atoms with E-state index in [2.05, 4.69) is 26.6 Å². The van der Waals surface area contributed by atoms with Gasteiger partial charge in [-0.25, -0.2) is 27.8 Å². The molecule has 12 heteroatoms. The molecule has 39 heavy (non-hydrogen) atoms. The monoisotopic (exact) mass is 567 g/mol. The topological polar surface area (TPSA) is 134 Å². The zero-order valence-corrected chi connectivity index (χ0v) is 22.8. The molecule has 0 aliphatic carbocycles. The second-order valence-electron chi connectivity index (χ2n) is 8.84. The molecule has 2 heterocycles. The van der Waals surface area contributed by atoms with Gasteiger partial charge in [0.2, 0.25) is 16.0 Å². The van der Waals surface area contributed by atoms with E-state index in [1.807, 2.05) is 19.9 Å². The van der Waals surface area contributed by atoms with Crippen LogP contribution in [0, 0.1) is 5.82 Å². The Kier molecular flexibility index (Phi) is 8.36. The van der Waals surface area contributed by atoms with Gasteiger partial charge in [-0.3, -0.25) is 9.52 Å². The van der Waals surface area contributed by atoms with Gasteiger partial charge in [0.25, 0.3) is 0 Å². The van der Waals surface area contributed by atoms with Gasteiger partial charge in [0.15, 0.2) is 0 Å². The molecular formula is C27H26FN5O4S2. The zero-order valence-electron chi connectivity index (χ0n) is 21.1. The van der Waals surface area contributed by atoms with Crippen LogP contribution in [0.5, 0.6) is 0 Å². The van der Waals surface area contributed by atoms with E-state index >= 15 is 0 Å². The number of carbonyl (C=O) groups is 1. The number of thiazole rings is 1. The second-order valence-corrected chi connectivity index (χ2v) is 11.7. The van der Waals surface area contributed by atoms with Crippen LogP contribution in [-0.2, 0) is 14.8 Å². The largest absolute Gasteiger partial charge is 0.480 e. The van der Waals surface area contributed by atoms with Crippen LogP contribution in [0.4, 0.5) is 16.0 Å². The van der Waals surface area contributed by atoms with Gasteiger partial charge >= 0.3 is 5.97 Å². The summed E-state index contributed by atoms with van der Waals surface area (Å²) in [6.45, 7) is 7.33. The van der Waals surface area contributed by atoms with E-state index in [0.717, 1.165) is 16.0 Å². The second kappa shape index (κ2) is 11.7. The highest BCUT2D eigenvalue weighted by atomic mass is 32.2. The summed E-state index contributed by atoms with van der Waals surface area (Å²) < 4.78 is 42.8. The van der Waals surface area contributed by atoms with Crippen molar-refractivity contribution >= 4 is 39.0 Å². The number of aromatic nitrogens is 3. The highest BCUT2D eigenvalue weighted by molar-refractivity contribution is 7.93. The fourth-order valence-electron chi connectivity index (χ4n) is 3.76. The molecule has 202 valence electrons. The van der Waals surface area contributed by atoms with E-state index in [0.29, 0.717) is 22.6 Å². The molecule has 0 aliphatic rings. The SMILES string of the molecule is C=CC(c1cccc(F)c1)S(=O)(=O)Nc1cccc(-c2nc(C(C)C)sc2-c2ccnc(NCC(=O)O)n2)c1. The summed E-state index contributed by atoms with van der Waals surface area (Å²) in [5.74, 6) is -1.30. The number of rotatable bonds is 11. The molecule has 0 aliphatic heterocycles. The Morgan fingerprint density at radius 2 is 1.92 bits per heavy atom. The lowest BCUT2D eigenvalue weighted by molar-refractivity contribution is -0.134. The number of nitrogens with one attached hydrogen (secondary N) is 2. The minimum atomic E-state index is -4.01. The number of carboxylic acids is 1. The van der Waals surface area contributed by atoms with Crippen molar-refractivity contribution in [3.8, 4) is 21.8 Å². The van der Waals surface area contributed by atoms with E-state index in [4.69, 9.17) is 10.1 Å². The summed E-state index contributed by atoms with van der Waals surface area (Å²) in [5.41, 5.74) is 2.34. The average Bonchev–Trinajstić information content (AvgIpc) is 3.34. The first-order chi connectivity index (χ1) is 18.6. The van der Waals surface area contributed by atoms with E-state index in [9.17, 15) is 17.6 Å². The predicted octanol–water partition coefficient (Wildman–Crippen LogP) is 5.70. The fourth-order valence-corrected chi connectivity index (χ4v) is 6.16. The quantitative estimate of drug-likeness (QED) is 0.197. The van der Waals surface area contributed by atoms with Crippen molar-refractivity contribution in [1.82, 2.24) is 15.0 Å². The van der Waals surface area contributed by atoms with Crippen LogP contribution < -0.4 is 10.0 Å². The highest BCUT2D eigenvalue weighted by Crippen LogP contribution is 2.39. The van der Waals surface area contributed by atoms with Crippen LogP contribution in [0.3, 0.4) is 0 Å². The van der Waals surface area contributed by atoms with Crippen LogP contribution in [-0.4, -0.2) is 41.0 Å². The summed E-state index contributed by atoms with van der Waals surface area (Å²) in [6.07, 6.45) is 2.77. The van der Waals surface area contributed by atoms with Gasteiger partial charge in [-0.2, -0.15) is 0 Å². The minimum absolute atomic E-state index is 0.121. The lowest BCUT2D eigenvalue weighted by Crippen LogP contribution is -2.20. The summed E-state index contributed by atoms with van der Waals surface area (Å²) in [4.78, 5) is 25.0. The third-order valence-corrected chi connectivity index (χ3v) is 8.58. The van der Waals surface area contributed by atoms with Crippen LogP contribution in [0.25, 0.3) is 21.8 Å². The molecule has 0 amide bonds. The van der Waals surface area contributed by atoms with Gasteiger partial charge in [0.05, 0.1) is 21.3 Å². The first-order valence-corrected chi connectivity index (χ1v) is 14.2. The van der Waals surface area contributed by atoms with E-state index in [1.165, 1.54) is 41.8 Å². The van der Waals surface area contributed by atoms with Crippen molar-refractivity contribution < 1.29 is 22.7 Å². The summed E-state index contributed by atoms with van der Waals surface area (Å²) in [7, 11) is -4.01. The maximum atomic E-state index is 13.8. The first-order valence-electron chi connectivity index (χ1n) is 11.9. The van der Waals surface area contributed by atoms with E-state index < -0.39 is 27.1 Å². The fraction of sp³-hybridized carbons (Fsp3) is 0.185. The molecule has 3 N–H and O–H groups in total. The van der Waals surface area contributed by atoms with Crippen molar-refractivity contribution in [3.05, 3.63) is 89.8 Å². The normalized spacial score (nSPS) is 12.2. The number of carboxylic acid groups (broad SMARTS) is 1. The number of halogens is 1. The smallest absolute Gasteiger partial charge is 0.322 e. The molecular weight excluding hydrogens is 541 g/mol. The van der Waals surface area contributed by atoms with Gasteiger partial charge in [-0.1, -0.05) is 44.2 Å².